The van der Waals surface area contributed by atoms with Gasteiger partial charge in [0.25, 0.3) is 0 Å². The highest BCUT2D eigenvalue weighted by Gasteiger charge is 2.45. The SMILES string of the molecule is O=C1[C@@H]2CN(Cc3nccs3)C[C@@H]2CN1Cc1cccc(F)c1. The average Bonchev–Trinajstić information content (AvgIpc) is 3.21. The normalized spacial score (nSPS) is 24.4. The van der Waals surface area contributed by atoms with Gasteiger partial charge in [0.05, 0.1) is 12.5 Å². The number of fused-ring (bicyclic) bond motifs is 1. The second-order valence-corrected chi connectivity index (χ2v) is 7.31. The Morgan fingerprint density at radius 1 is 1.26 bits per heavy atom. The van der Waals surface area contributed by atoms with Crippen molar-refractivity contribution in [3.05, 3.63) is 52.2 Å². The van der Waals surface area contributed by atoms with Crippen LogP contribution in [0, 0.1) is 17.7 Å². The number of hydrogen-bond donors (Lipinski definition) is 0. The van der Waals surface area contributed by atoms with Crippen LogP contribution >= 0.6 is 11.3 Å². The molecule has 2 aliphatic heterocycles. The molecule has 2 fully saturated rings. The number of halogens is 1. The molecule has 6 heteroatoms. The molecule has 1 amide bonds. The number of aromatic nitrogens is 1. The number of rotatable bonds is 4. The van der Waals surface area contributed by atoms with Crippen LogP contribution in [-0.2, 0) is 17.9 Å². The number of thiazole rings is 1. The molecular formula is C17H18FN3OS. The van der Waals surface area contributed by atoms with Crippen molar-refractivity contribution in [2.45, 2.75) is 13.1 Å². The molecule has 0 N–H and O–H groups in total. The Kier molecular flexibility index (Phi) is 3.87. The van der Waals surface area contributed by atoms with Gasteiger partial charge in [0.2, 0.25) is 5.91 Å². The zero-order chi connectivity index (χ0) is 15.8. The van der Waals surface area contributed by atoms with Crippen LogP contribution in [-0.4, -0.2) is 40.3 Å². The molecule has 0 aliphatic carbocycles. The largest absolute Gasteiger partial charge is 0.338 e. The first-order valence-electron chi connectivity index (χ1n) is 7.83. The third kappa shape index (κ3) is 3.01. The average molecular weight is 331 g/mol. The summed E-state index contributed by atoms with van der Waals surface area (Å²) in [6, 6.07) is 6.51. The maximum Gasteiger partial charge on any atom is 0.227 e. The number of benzene rings is 1. The summed E-state index contributed by atoms with van der Waals surface area (Å²) in [4.78, 5) is 21.1. The maximum atomic E-state index is 13.3. The van der Waals surface area contributed by atoms with Crippen molar-refractivity contribution in [1.82, 2.24) is 14.8 Å². The fourth-order valence-corrected chi connectivity index (χ4v) is 4.34. The van der Waals surface area contributed by atoms with Crippen molar-refractivity contribution >= 4 is 17.2 Å². The third-order valence-electron chi connectivity index (χ3n) is 4.71. The number of likely N-dealkylation sites (tertiary alicyclic amines) is 2. The van der Waals surface area contributed by atoms with Gasteiger partial charge in [-0.05, 0) is 17.7 Å². The zero-order valence-electron chi connectivity index (χ0n) is 12.7. The van der Waals surface area contributed by atoms with Gasteiger partial charge in [-0.2, -0.15) is 0 Å². The Labute approximate surface area is 138 Å². The van der Waals surface area contributed by atoms with Crippen LogP contribution in [0.4, 0.5) is 4.39 Å². The van der Waals surface area contributed by atoms with E-state index in [1.807, 2.05) is 22.5 Å². The molecule has 4 rings (SSSR count). The minimum atomic E-state index is -0.246. The number of carbonyl (C=O) groups is 1. The van der Waals surface area contributed by atoms with E-state index in [0.29, 0.717) is 12.5 Å². The number of amides is 1. The molecular weight excluding hydrogens is 313 g/mol. The Morgan fingerprint density at radius 3 is 2.91 bits per heavy atom. The Bertz CT molecular complexity index is 706. The van der Waals surface area contributed by atoms with E-state index in [-0.39, 0.29) is 17.6 Å². The van der Waals surface area contributed by atoms with Crippen molar-refractivity contribution in [3.8, 4) is 0 Å². The van der Waals surface area contributed by atoms with Gasteiger partial charge < -0.3 is 4.90 Å². The van der Waals surface area contributed by atoms with Crippen LogP contribution < -0.4 is 0 Å². The van der Waals surface area contributed by atoms with E-state index < -0.39 is 0 Å². The molecule has 23 heavy (non-hydrogen) atoms. The van der Waals surface area contributed by atoms with Crippen molar-refractivity contribution in [1.29, 1.82) is 0 Å². The first kappa shape index (κ1) is 14.8. The lowest BCUT2D eigenvalue weighted by molar-refractivity contribution is -0.131. The van der Waals surface area contributed by atoms with Crippen LogP contribution in [0.15, 0.2) is 35.8 Å². The molecule has 3 heterocycles. The molecule has 1 aromatic carbocycles. The number of carbonyl (C=O) groups excluding carboxylic acids is 1. The molecule has 0 saturated carbocycles. The van der Waals surface area contributed by atoms with Crippen molar-refractivity contribution in [2.24, 2.45) is 11.8 Å². The van der Waals surface area contributed by atoms with Crippen LogP contribution in [0.3, 0.4) is 0 Å². The van der Waals surface area contributed by atoms with E-state index >= 15 is 0 Å². The maximum absolute atomic E-state index is 13.3. The van der Waals surface area contributed by atoms with E-state index in [1.165, 1.54) is 12.1 Å². The lowest BCUT2D eigenvalue weighted by Gasteiger charge is -2.21. The monoisotopic (exact) mass is 331 g/mol. The summed E-state index contributed by atoms with van der Waals surface area (Å²) in [7, 11) is 0. The lowest BCUT2D eigenvalue weighted by atomic mass is 10.0. The molecule has 0 radical (unpaired) electrons. The zero-order valence-corrected chi connectivity index (χ0v) is 13.5. The van der Waals surface area contributed by atoms with Gasteiger partial charge in [-0.3, -0.25) is 9.69 Å². The molecule has 120 valence electrons. The standard InChI is InChI=1S/C17H18FN3OS/c18-14-3-1-2-12(6-14)7-21-9-13-8-20(10-15(13)17(21)22)11-16-19-4-5-23-16/h1-6,13,15H,7-11H2/t13-,15-/m1/s1. The predicted molar refractivity (Wildman–Crippen MR) is 86.2 cm³/mol. The van der Waals surface area contributed by atoms with Crippen LogP contribution in [0.2, 0.25) is 0 Å². The fourth-order valence-electron chi connectivity index (χ4n) is 3.68. The third-order valence-corrected chi connectivity index (χ3v) is 5.47. The summed E-state index contributed by atoms with van der Waals surface area (Å²) < 4.78 is 13.3. The number of nitrogens with zero attached hydrogens (tertiary/aromatic N) is 3. The summed E-state index contributed by atoms with van der Waals surface area (Å²) in [6.45, 7) is 3.87. The second-order valence-electron chi connectivity index (χ2n) is 6.34. The Balaban J connectivity index is 1.38. The molecule has 4 nitrogen and oxygen atoms in total. The first-order chi connectivity index (χ1) is 11.2. The molecule has 2 aliphatic rings. The van der Waals surface area contributed by atoms with Gasteiger partial charge >= 0.3 is 0 Å². The minimum Gasteiger partial charge on any atom is -0.338 e. The summed E-state index contributed by atoms with van der Waals surface area (Å²) in [5, 5.41) is 3.09. The molecule has 0 spiro atoms. The van der Waals surface area contributed by atoms with Crippen LogP contribution in [0.1, 0.15) is 10.6 Å². The van der Waals surface area contributed by atoms with Gasteiger partial charge in [0, 0.05) is 43.7 Å². The van der Waals surface area contributed by atoms with Gasteiger partial charge in [0.15, 0.2) is 0 Å². The summed E-state index contributed by atoms with van der Waals surface area (Å²) >= 11 is 1.66. The predicted octanol–water partition coefficient (Wildman–Crippen LogP) is 2.37. The molecule has 2 aromatic rings. The highest BCUT2D eigenvalue weighted by molar-refractivity contribution is 7.09. The topological polar surface area (TPSA) is 36.4 Å². The van der Waals surface area contributed by atoms with E-state index in [1.54, 1.807) is 17.4 Å². The van der Waals surface area contributed by atoms with Crippen molar-refractivity contribution in [2.75, 3.05) is 19.6 Å². The van der Waals surface area contributed by atoms with E-state index in [2.05, 4.69) is 9.88 Å². The van der Waals surface area contributed by atoms with Crippen molar-refractivity contribution in [3.63, 3.8) is 0 Å². The van der Waals surface area contributed by atoms with Crippen molar-refractivity contribution < 1.29 is 9.18 Å². The molecule has 2 atom stereocenters. The summed E-state index contributed by atoms with van der Waals surface area (Å²) in [5.74, 6) is 0.435. The summed E-state index contributed by atoms with van der Waals surface area (Å²) in [6.07, 6.45) is 1.82. The fraction of sp³-hybridized carbons (Fsp3) is 0.412. The second kappa shape index (κ2) is 6.02. The van der Waals surface area contributed by atoms with E-state index in [9.17, 15) is 9.18 Å². The Morgan fingerprint density at radius 2 is 2.17 bits per heavy atom. The summed E-state index contributed by atoms with van der Waals surface area (Å²) in [5.41, 5.74) is 0.859. The van der Waals surface area contributed by atoms with Crippen LogP contribution in [0.5, 0.6) is 0 Å². The minimum absolute atomic E-state index is 0.0866. The van der Waals surface area contributed by atoms with Gasteiger partial charge in [-0.25, -0.2) is 9.37 Å². The van der Waals surface area contributed by atoms with E-state index in [4.69, 9.17) is 0 Å². The van der Waals surface area contributed by atoms with Crippen LogP contribution in [0.25, 0.3) is 0 Å². The van der Waals surface area contributed by atoms with Gasteiger partial charge in [0.1, 0.15) is 10.8 Å². The molecule has 0 bridgehead atoms. The van der Waals surface area contributed by atoms with Gasteiger partial charge in [-0.15, -0.1) is 11.3 Å². The highest BCUT2D eigenvalue weighted by Crippen LogP contribution is 2.33. The number of hydrogen-bond acceptors (Lipinski definition) is 4. The lowest BCUT2D eigenvalue weighted by Crippen LogP contribution is -2.32. The first-order valence-corrected chi connectivity index (χ1v) is 8.71. The molecule has 2 saturated heterocycles. The smallest absolute Gasteiger partial charge is 0.227 e. The van der Waals surface area contributed by atoms with Gasteiger partial charge in [-0.1, -0.05) is 12.1 Å². The highest BCUT2D eigenvalue weighted by atomic mass is 32.1. The van der Waals surface area contributed by atoms with E-state index in [0.717, 1.165) is 36.8 Å². The quantitative estimate of drug-likeness (QED) is 0.863. The Hall–Kier alpha value is -1.79. The molecule has 0 unspecified atom stereocenters. The molecule has 1 aromatic heterocycles.